The van der Waals surface area contributed by atoms with Crippen molar-refractivity contribution in [1.29, 1.82) is 0 Å². The van der Waals surface area contributed by atoms with Crippen LogP contribution < -0.4 is 5.73 Å². The summed E-state index contributed by atoms with van der Waals surface area (Å²) in [7, 11) is -2.95. The zero-order valence-corrected chi connectivity index (χ0v) is 10.7. The van der Waals surface area contributed by atoms with Gasteiger partial charge in [0.25, 0.3) is 0 Å². The molecule has 1 atom stereocenters. The molecular weight excluding hydrogens is 224 g/mol. The first-order valence-corrected chi connectivity index (χ1v) is 7.23. The Kier molecular flexibility index (Phi) is 4.04. The smallest absolute Gasteiger partial charge is 0.147 e. The molecule has 90 valence electrons. The van der Waals surface area contributed by atoms with E-state index in [0.29, 0.717) is 6.42 Å². The number of aryl methyl sites for hydroxylation is 2. The fraction of sp³-hybridized carbons (Fsp3) is 0.545. The summed E-state index contributed by atoms with van der Waals surface area (Å²) in [5, 5.41) is 0. The van der Waals surface area contributed by atoms with Crippen molar-refractivity contribution in [3.05, 3.63) is 29.1 Å². The third-order valence-corrected chi connectivity index (χ3v) is 3.44. The van der Waals surface area contributed by atoms with Crippen molar-refractivity contribution in [1.82, 2.24) is 4.98 Å². The second kappa shape index (κ2) is 4.93. The van der Waals surface area contributed by atoms with Gasteiger partial charge in [-0.1, -0.05) is 6.07 Å². The van der Waals surface area contributed by atoms with Gasteiger partial charge in [0.2, 0.25) is 0 Å². The fourth-order valence-electron chi connectivity index (χ4n) is 1.59. The van der Waals surface area contributed by atoms with Crippen molar-refractivity contribution in [3.63, 3.8) is 0 Å². The molecule has 4 nitrogen and oxygen atoms in total. The van der Waals surface area contributed by atoms with Crippen LogP contribution in [0.5, 0.6) is 0 Å². The molecule has 0 aliphatic rings. The maximum Gasteiger partial charge on any atom is 0.147 e. The number of aromatic nitrogens is 1. The monoisotopic (exact) mass is 242 g/mol. The minimum atomic E-state index is -2.95. The number of hydrogen-bond acceptors (Lipinski definition) is 4. The number of rotatable bonds is 4. The lowest BCUT2D eigenvalue weighted by Crippen LogP contribution is -2.17. The molecule has 1 rings (SSSR count). The Morgan fingerprint density at radius 2 is 2.00 bits per heavy atom. The summed E-state index contributed by atoms with van der Waals surface area (Å²) in [6.45, 7) is 3.81. The van der Waals surface area contributed by atoms with E-state index in [-0.39, 0.29) is 11.8 Å². The molecule has 0 aromatic carbocycles. The second-order valence-electron chi connectivity index (χ2n) is 4.15. The Morgan fingerprint density at radius 1 is 1.38 bits per heavy atom. The van der Waals surface area contributed by atoms with Gasteiger partial charge in [0.1, 0.15) is 9.84 Å². The Labute approximate surface area is 96.8 Å². The van der Waals surface area contributed by atoms with E-state index in [0.717, 1.165) is 17.0 Å². The summed E-state index contributed by atoms with van der Waals surface area (Å²) in [5.74, 6) is 0.113. The van der Waals surface area contributed by atoms with E-state index in [9.17, 15) is 8.42 Å². The summed E-state index contributed by atoms with van der Waals surface area (Å²) < 4.78 is 22.1. The third-order valence-electron chi connectivity index (χ3n) is 2.47. The maximum atomic E-state index is 11.0. The molecular formula is C11H18N2O2S. The van der Waals surface area contributed by atoms with Crippen molar-refractivity contribution < 1.29 is 8.42 Å². The van der Waals surface area contributed by atoms with Crippen LogP contribution in [0.3, 0.4) is 0 Å². The summed E-state index contributed by atoms with van der Waals surface area (Å²) in [6, 6.07) is 3.55. The molecule has 0 aliphatic heterocycles. The Bertz CT molecular complexity index is 469. The number of hydrogen-bond donors (Lipinski definition) is 1. The molecule has 2 N–H and O–H groups in total. The lowest BCUT2D eigenvalue weighted by Gasteiger charge is -2.13. The molecule has 1 unspecified atom stereocenters. The average Bonchev–Trinajstić information content (AvgIpc) is 2.13. The van der Waals surface area contributed by atoms with Crippen molar-refractivity contribution in [2.24, 2.45) is 5.73 Å². The van der Waals surface area contributed by atoms with Crippen LogP contribution in [-0.2, 0) is 9.84 Å². The van der Waals surface area contributed by atoms with Gasteiger partial charge in [-0.25, -0.2) is 8.42 Å². The van der Waals surface area contributed by atoms with Crippen LogP contribution in [-0.4, -0.2) is 25.4 Å². The zero-order valence-electron chi connectivity index (χ0n) is 9.90. The molecule has 0 fully saturated rings. The van der Waals surface area contributed by atoms with Gasteiger partial charge >= 0.3 is 0 Å². The lowest BCUT2D eigenvalue weighted by atomic mass is 10.0. The predicted molar refractivity (Wildman–Crippen MR) is 65.0 cm³/mol. The molecule has 1 aromatic rings. The molecule has 0 saturated carbocycles. The van der Waals surface area contributed by atoms with E-state index in [1.807, 2.05) is 26.0 Å². The minimum Gasteiger partial charge on any atom is -0.324 e. The van der Waals surface area contributed by atoms with Crippen LogP contribution in [0.15, 0.2) is 12.1 Å². The standard InChI is InChI=1S/C11H18N2O2S/c1-8-4-5-10(9(2)13-8)11(12)6-7-16(3,14)15/h4-5,11H,6-7,12H2,1-3H3. The molecule has 0 saturated heterocycles. The largest absolute Gasteiger partial charge is 0.324 e. The van der Waals surface area contributed by atoms with E-state index >= 15 is 0 Å². The first-order chi connectivity index (χ1) is 7.29. The molecule has 0 bridgehead atoms. The van der Waals surface area contributed by atoms with Gasteiger partial charge in [-0.2, -0.15) is 0 Å². The number of pyridine rings is 1. The molecule has 1 aromatic heterocycles. The van der Waals surface area contributed by atoms with E-state index in [4.69, 9.17) is 5.73 Å². The Balaban J connectivity index is 2.77. The van der Waals surface area contributed by atoms with Crippen molar-refractivity contribution in [3.8, 4) is 0 Å². The van der Waals surface area contributed by atoms with Crippen LogP contribution in [0.25, 0.3) is 0 Å². The lowest BCUT2D eigenvalue weighted by molar-refractivity contribution is 0.591. The molecule has 1 heterocycles. The minimum absolute atomic E-state index is 0.113. The fourth-order valence-corrected chi connectivity index (χ4v) is 2.27. The van der Waals surface area contributed by atoms with E-state index in [1.54, 1.807) is 0 Å². The van der Waals surface area contributed by atoms with Gasteiger partial charge < -0.3 is 5.73 Å². The Morgan fingerprint density at radius 3 is 2.50 bits per heavy atom. The molecule has 0 amide bonds. The highest BCUT2D eigenvalue weighted by Crippen LogP contribution is 2.17. The first-order valence-electron chi connectivity index (χ1n) is 5.17. The highest BCUT2D eigenvalue weighted by atomic mass is 32.2. The van der Waals surface area contributed by atoms with Crippen LogP contribution in [0, 0.1) is 13.8 Å². The van der Waals surface area contributed by atoms with Gasteiger partial charge in [-0.3, -0.25) is 4.98 Å². The SMILES string of the molecule is Cc1ccc(C(N)CCS(C)(=O)=O)c(C)n1. The summed E-state index contributed by atoms with van der Waals surface area (Å²) in [5.41, 5.74) is 8.69. The average molecular weight is 242 g/mol. The van der Waals surface area contributed by atoms with Crippen LogP contribution in [0.4, 0.5) is 0 Å². The molecule has 0 spiro atoms. The molecule has 5 heteroatoms. The van der Waals surface area contributed by atoms with Crippen molar-refractivity contribution in [2.45, 2.75) is 26.3 Å². The number of nitrogens with zero attached hydrogens (tertiary/aromatic N) is 1. The van der Waals surface area contributed by atoms with Gasteiger partial charge in [0, 0.05) is 23.7 Å². The third kappa shape index (κ3) is 3.90. The molecule has 0 radical (unpaired) electrons. The van der Waals surface area contributed by atoms with E-state index < -0.39 is 9.84 Å². The quantitative estimate of drug-likeness (QED) is 0.859. The van der Waals surface area contributed by atoms with E-state index in [1.165, 1.54) is 6.26 Å². The maximum absolute atomic E-state index is 11.0. The van der Waals surface area contributed by atoms with Gasteiger partial charge in [-0.05, 0) is 31.9 Å². The van der Waals surface area contributed by atoms with Gasteiger partial charge in [0.05, 0.1) is 5.75 Å². The highest BCUT2D eigenvalue weighted by molar-refractivity contribution is 7.90. The molecule has 0 aliphatic carbocycles. The predicted octanol–water partition coefficient (Wildman–Crippen LogP) is 1.13. The van der Waals surface area contributed by atoms with Crippen LogP contribution in [0.1, 0.15) is 29.4 Å². The van der Waals surface area contributed by atoms with Gasteiger partial charge in [0.15, 0.2) is 0 Å². The zero-order chi connectivity index (χ0) is 12.3. The van der Waals surface area contributed by atoms with E-state index in [2.05, 4.69) is 4.98 Å². The second-order valence-corrected chi connectivity index (χ2v) is 6.41. The molecule has 16 heavy (non-hydrogen) atoms. The number of sulfone groups is 1. The summed E-state index contributed by atoms with van der Waals surface area (Å²) in [6.07, 6.45) is 1.66. The normalized spacial score (nSPS) is 13.8. The number of nitrogens with two attached hydrogens (primary N) is 1. The van der Waals surface area contributed by atoms with Crippen LogP contribution in [0.2, 0.25) is 0 Å². The van der Waals surface area contributed by atoms with Crippen LogP contribution >= 0.6 is 0 Å². The Hall–Kier alpha value is -0.940. The topological polar surface area (TPSA) is 73.1 Å². The van der Waals surface area contributed by atoms with Crippen molar-refractivity contribution in [2.75, 3.05) is 12.0 Å². The summed E-state index contributed by atoms with van der Waals surface area (Å²) in [4.78, 5) is 4.31. The highest BCUT2D eigenvalue weighted by Gasteiger charge is 2.12. The summed E-state index contributed by atoms with van der Waals surface area (Å²) >= 11 is 0. The first kappa shape index (κ1) is 13.1. The van der Waals surface area contributed by atoms with Gasteiger partial charge in [-0.15, -0.1) is 0 Å². The van der Waals surface area contributed by atoms with Crippen molar-refractivity contribution >= 4 is 9.84 Å².